The van der Waals surface area contributed by atoms with Gasteiger partial charge in [-0.2, -0.15) is 0 Å². The molecule has 0 fully saturated rings. The van der Waals surface area contributed by atoms with E-state index in [0.717, 1.165) is 0 Å². The number of carbonyl (C=O) groups excluding carboxylic acids is 3. The van der Waals surface area contributed by atoms with Crippen molar-refractivity contribution in [3.63, 3.8) is 0 Å². The molecule has 14 heteroatoms. The van der Waals surface area contributed by atoms with Gasteiger partial charge in [0.2, 0.25) is 11.8 Å². The van der Waals surface area contributed by atoms with E-state index in [4.69, 9.17) is 28.8 Å². The fourth-order valence-electron chi connectivity index (χ4n) is 5.39. The van der Waals surface area contributed by atoms with Crippen LogP contribution in [0.5, 0.6) is 23.0 Å². The molecule has 0 unspecified atom stereocenters. The Bertz CT molecular complexity index is 1540. The summed E-state index contributed by atoms with van der Waals surface area (Å²) in [6.45, 7) is 5.48. The number of esters is 1. The second kappa shape index (κ2) is 14.9. The van der Waals surface area contributed by atoms with E-state index in [9.17, 15) is 19.2 Å². The highest BCUT2D eigenvalue weighted by molar-refractivity contribution is 5.82. The average Bonchev–Trinajstić information content (AvgIpc) is 3.64. The Labute approximate surface area is 271 Å². The highest BCUT2D eigenvalue weighted by Crippen LogP contribution is 2.40. The summed E-state index contributed by atoms with van der Waals surface area (Å²) in [6.07, 6.45) is -0.421. The van der Waals surface area contributed by atoms with Crippen molar-refractivity contribution in [3.05, 3.63) is 46.0 Å². The van der Waals surface area contributed by atoms with Gasteiger partial charge in [-0.1, -0.05) is 0 Å². The number of methoxy groups -OCH3 is 2. The molecule has 0 saturated carbocycles. The number of carboxylic acid groups (broad SMARTS) is 1. The Hall–Kier alpha value is -4.62. The molecular formula is C33H40F2N2O10. The molecule has 0 spiro atoms. The lowest BCUT2D eigenvalue weighted by atomic mass is 10.1. The van der Waals surface area contributed by atoms with Gasteiger partial charge in [-0.15, -0.1) is 0 Å². The van der Waals surface area contributed by atoms with Gasteiger partial charge in [-0.05, 0) is 44.0 Å². The molecule has 47 heavy (non-hydrogen) atoms. The van der Waals surface area contributed by atoms with Crippen LogP contribution in [0, 0.1) is 11.6 Å². The quantitative estimate of drug-likeness (QED) is 0.227. The highest BCUT2D eigenvalue weighted by atomic mass is 19.1. The first kappa shape index (κ1) is 35.2. The van der Waals surface area contributed by atoms with Gasteiger partial charge in [0.1, 0.15) is 5.60 Å². The summed E-state index contributed by atoms with van der Waals surface area (Å²) in [4.78, 5) is 50.8. The second-order valence-electron chi connectivity index (χ2n) is 12.2. The zero-order valence-electron chi connectivity index (χ0n) is 27.2. The van der Waals surface area contributed by atoms with Gasteiger partial charge in [-0.25, -0.2) is 8.78 Å². The molecule has 256 valence electrons. The van der Waals surface area contributed by atoms with Crippen molar-refractivity contribution in [2.45, 2.75) is 84.7 Å². The van der Waals surface area contributed by atoms with E-state index >= 15 is 8.78 Å². The molecule has 0 aliphatic carbocycles. The Kier molecular flexibility index (Phi) is 11.1. The summed E-state index contributed by atoms with van der Waals surface area (Å²) in [5.74, 6) is -3.58. The summed E-state index contributed by atoms with van der Waals surface area (Å²) in [5, 5.41) is 8.85. The van der Waals surface area contributed by atoms with E-state index in [1.807, 2.05) is 0 Å². The third-order valence-corrected chi connectivity index (χ3v) is 7.62. The van der Waals surface area contributed by atoms with Crippen LogP contribution in [-0.4, -0.2) is 71.7 Å². The predicted molar refractivity (Wildman–Crippen MR) is 162 cm³/mol. The Morgan fingerprint density at radius 1 is 0.745 bits per heavy atom. The fraction of sp³-hybridized carbons (Fsp3) is 0.515. The first-order valence-corrected chi connectivity index (χ1v) is 15.2. The third kappa shape index (κ3) is 8.60. The number of ether oxygens (including phenoxy) is 5. The van der Waals surface area contributed by atoms with E-state index in [0.29, 0.717) is 16.7 Å². The van der Waals surface area contributed by atoms with Crippen LogP contribution in [0.3, 0.4) is 0 Å². The molecule has 0 atom stereocenters. The van der Waals surface area contributed by atoms with E-state index in [-0.39, 0.29) is 106 Å². The van der Waals surface area contributed by atoms with Crippen LogP contribution < -0.4 is 18.9 Å². The first-order chi connectivity index (χ1) is 22.2. The Balaban J connectivity index is 1.33. The maximum Gasteiger partial charge on any atom is 0.306 e. The molecule has 2 aromatic carbocycles. The Morgan fingerprint density at radius 2 is 1.19 bits per heavy atom. The van der Waals surface area contributed by atoms with Gasteiger partial charge < -0.3 is 38.6 Å². The van der Waals surface area contributed by atoms with E-state index in [1.54, 1.807) is 32.9 Å². The monoisotopic (exact) mass is 662 g/mol. The van der Waals surface area contributed by atoms with Gasteiger partial charge in [0.15, 0.2) is 34.6 Å². The van der Waals surface area contributed by atoms with Gasteiger partial charge in [0.05, 0.1) is 40.3 Å². The number of fused-ring (bicyclic) bond motifs is 2. The largest absolute Gasteiger partial charge is 0.493 e. The number of rotatable bonds is 14. The van der Waals surface area contributed by atoms with Crippen LogP contribution in [-0.2, 0) is 50.1 Å². The van der Waals surface area contributed by atoms with Crippen LogP contribution in [0.2, 0.25) is 0 Å². The number of amides is 2. The van der Waals surface area contributed by atoms with Crippen LogP contribution >= 0.6 is 0 Å². The maximum absolute atomic E-state index is 15.6. The minimum absolute atomic E-state index is 0.00860. The van der Waals surface area contributed by atoms with Crippen molar-refractivity contribution in [3.8, 4) is 23.0 Å². The fourth-order valence-corrected chi connectivity index (χ4v) is 5.39. The molecule has 2 heterocycles. The third-order valence-electron chi connectivity index (χ3n) is 7.62. The standard InChI is InChI=1S/C33H40F2N2O10/c1-33(2,3)47-28(42)10-8-26(39)37-16-20-14-24(44-5)32(30(35)22(20)18-37)46-12-6-11-45-31-23(43-4)13-19-15-36(17-21(19)29(31)34)25(38)7-9-27(40)41/h13-14H,6-12,15-18H2,1-5H3,(H,40,41). The van der Waals surface area contributed by atoms with Crippen molar-refractivity contribution in [1.29, 1.82) is 0 Å². The van der Waals surface area contributed by atoms with Gasteiger partial charge >= 0.3 is 11.9 Å². The summed E-state index contributed by atoms with van der Waals surface area (Å²) >= 11 is 0. The molecule has 2 amide bonds. The smallest absolute Gasteiger partial charge is 0.306 e. The number of hydrogen-bond acceptors (Lipinski definition) is 9. The van der Waals surface area contributed by atoms with Crippen molar-refractivity contribution in [2.24, 2.45) is 0 Å². The number of carboxylic acids is 1. The number of nitrogens with zero attached hydrogens (tertiary/aromatic N) is 2. The molecule has 12 nitrogen and oxygen atoms in total. The highest BCUT2D eigenvalue weighted by Gasteiger charge is 2.32. The minimum Gasteiger partial charge on any atom is -0.493 e. The molecule has 4 rings (SSSR count). The number of benzene rings is 2. The lowest BCUT2D eigenvalue weighted by molar-refractivity contribution is -0.156. The zero-order valence-corrected chi connectivity index (χ0v) is 27.2. The van der Waals surface area contributed by atoms with Crippen LogP contribution in [0.15, 0.2) is 12.1 Å². The van der Waals surface area contributed by atoms with Gasteiger partial charge in [0, 0.05) is 56.6 Å². The normalized spacial score (nSPS) is 13.6. The summed E-state index contributed by atoms with van der Waals surface area (Å²) in [7, 11) is 2.74. The van der Waals surface area contributed by atoms with Crippen LogP contribution in [0.4, 0.5) is 8.78 Å². The van der Waals surface area contributed by atoms with Crippen molar-refractivity contribution < 1.29 is 56.7 Å². The minimum atomic E-state index is -1.09. The average molecular weight is 663 g/mol. The Morgan fingerprint density at radius 3 is 1.60 bits per heavy atom. The maximum atomic E-state index is 15.6. The number of aliphatic carboxylic acids is 1. The van der Waals surface area contributed by atoms with E-state index in [1.165, 1.54) is 24.0 Å². The topological polar surface area (TPSA) is 141 Å². The first-order valence-electron chi connectivity index (χ1n) is 15.2. The SMILES string of the molecule is COc1cc2c(c(F)c1OCCCOc1c(OC)cc3c(c1F)CN(C(=O)CCC(=O)OC(C)(C)C)C3)CN(C(=O)CCC(=O)O)C2. The van der Waals surface area contributed by atoms with Crippen molar-refractivity contribution in [1.82, 2.24) is 9.80 Å². The molecule has 2 aromatic rings. The lowest BCUT2D eigenvalue weighted by Crippen LogP contribution is -2.28. The molecule has 0 aromatic heterocycles. The number of hydrogen-bond donors (Lipinski definition) is 1. The van der Waals surface area contributed by atoms with E-state index in [2.05, 4.69) is 0 Å². The summed E-state index contributed by atoms with van der Waals surface area (Å²) in [6, 6.07) is 3.21. The van der Waals surface area contributed by atoms with Crippen LogP contribution in [0.25, 0.3) is 0 Å². The number of carbonyl (C=O) groups is 4. The number of halogens is 2. The lowest BCUT2D eigenvalue weighted by Gasteiger charge is -2.20. The van der Waals surface area contributed by atoms with Gasteiger partial charge in [-0.3, -0.25) is 19.2 Å². The summed E-state index contributed by atoms with van der Waals surface area (Å²) < 4.78 is 58.5. The molecule has 1 N–H and O–H groups in total. The van der Waals surface area contributed by atoms with Gasteiger partial charge in [0.25, 0.3) is 0 Å². The molecule has 0 radical (unpaired) electrons. The summed E-state index contributed by atoms with van der Waals surface area (Å²) in [5.41, 5.74) is 1.02. The molecular weight excluding hydrogens is 622 g/mol. The van der Waals surface area contributed by atoms with Crippen molar-refractivity contribution >= 4 is 23.8 Å². The predicted octanol–water partition coefficient (Wildman–Crippen LogP) is 4.50. The van der Waals surface area contributed by atoms with Crippen LogP contribution in [0.1, 0.15) is 75.1 Å². The molecule has 2 aliphatic heterocycles. The molecule has 0 saturated heterocycles. The van der Waals surface area contributed by atoms with Crippen molar-refractivity contribution in [2.75, 3.05) is 27.4 Å². The second-order valence-corrected chi connectivity index (χ2v) is 12.2. The molecule has 0 bridgehead atoms. The van der Waals surface area contributed by atoms with E-state index < -0.39 is 35.1 Å². The zero-order chi connectivity index (χ0) is 34.5. The molecule has 2 aliphatic rings.